The topological polar surface area (TPSA) is 41.3 Å². The van der Waals surface area contributed by atoms with Gasteiger partial charge in [0.25, 0.3) is 0 Å². The number of piperidine rings is 1. The van der Waals surface area contributed by atoms with Crippen LogP contribution in [0.4, 0.5) is 0 Å². The standard InChI is InChI=1S/C9H21N3/c1-2-11-7-6-9-5-3-4-8-12(9)10/h9,11H,2-8,10H2,1H3. The van der Waals surface area contributed by atoms with Crippen LogP contribution >= 0.6 is 0 Å². The van der Waals surface area contributed by atoms with Crippen molar-refractivity contribution in [2.75, 3.05) is 19.6 Å². The van der Waals surface area contributed by atoms with Crippen LogP contribution in [0, 0.1) is 0 Å². The van der Waals surface area contributed by atoms with E-state index >= 15 is 0 Å². The Hall–Kier alpha value is -0.120. The van der Waals surface area contributed by atoms with Gasteiger partial charge in [-0.3, -0.25) is 5.84 Å². The van der Waals surface area contributed by atoms with Crippen molar-refractivity contribution in [2.24, 2.45) is 5.84 Å². The van der Waals surface area contributed by atoms with Crippen LogP contribution in [-0.2, 0) is 0 Å². The summed E-state index contributed by atoms with van der Waals surface area (Å²) in [6.07, 6.45) is 5.10. The highest BCUT2D eigenvalue weighted by Crippen LogP contribution is 2.15. The molecule has 0 saturated carbocycles. The number of nitrogens with one attached hydrogen (secondary N) is 1. The molecule has 0 amide bonds. The molecule has 3 N–H and O–H groups in total. The summed E-state index contributed by atoms with van der Waals surface area (Å²) in [5.74, 6) is 5.87. The van der Waals surface area contributed by atoms with E-state index in [1.807, 2.05) is 5.01 Å². The van der Waals surface area contributed by atoms with Crippen LogP contribution in [0.25, 0.3) is 0 Å². The third-order valence-electron chi connectivity index (χ3n) is 2.58. The van der Waals surface area contributed by atoms with E-state index in [-0.39, 0.29) is 0 Å². The van der Waals surface area contributed by atoms with E-state index < -0.39 is 0 Å². The lowest BCUT2D eigenvalue weighted by molar-refractivity contribution is 0.142. The smallest absolute Gasteiger partial charge is 0.0253 e. The molecule has 1 rings (SSSR count). The summed E-state index contributed by atoms with van der Waals surface area (Å²) < 4.78 is 0. The minimum absolute atomic E-state index is 0.623. The zero-order chi connectivity index (χ0) is 8.81. The van der Waals surface area contributed by atoms with E-state index in [1.54, 1.807) is 0 Å². The second-order valence-electron chi connectivity index (χ2n) is 3.53. The molecule has 0 radical (unpaired) electrons. The first-order valence-electron chi connectivity index (χ1n) is 5.06. The van der Waals surface area contributed by atoms with Crippen LogP contribution in [0.15, 0.2) is 0 Å². The van der Waals surface area contributed by atoms with E-state index in [1.165, 1.54) is 25.7 Å². The minimum Gasteiger partial charge on any atom is -0.317 e. The van der Waals surface area contributed by atoms with Gasteiger partial charge in [0.15, 0.2) is 0 Å². The van der Waals surface area contributed by atoms with Crippen LogP contribution < -0.4 is 11.2 Å². The largest absolute Gasteiger partial charge is 0.317 e. The van der Waals surface area contributed by atoms with Gasteiger partial charge in [-0.1, -0.05) is 13.3 Å². The molecular formula is C9H21N3. The first kappa shape index (κ1) is 9.96. The molecule has 1 fully saturated rings. The highest BCUT2D eigenvalue weighted by molar-refractivity contribution is 4.73. The van der Waals surface area contributed by atoms with Crippen molar-refractivity contribution in [1.29, 1.82) is 0 Å². The summed E-state index contributed by atoms with van der Waals surface area (Å²) in [7, 11) is 0. The molecule has 1 unspecified atom stereocenters. The fourth-order valence-electron chi connectivity index (χ4n) is 1.78. The predicted octanol–water partition coefficient (Wildman–Crippen LogP) is 0.714. The van der Waals surface area contributed by atoms with Crippen molar-refractivity contribution in [1.82, 2.24) is 10.3 Å². The normalized spacial score (nSPS) is 26.0. The Kier molecular flexibility index (Phi) is 4.58. The number of rotatable bonds is 4. The molecule has 1 aliphatic rings. The lowest BCUT2D eigenvalue weighted by Crippen LogP contribution is -2.45. The molecule has 3 heteroatoms. The van der Waals surface area contributed by atoms with Gasteiger partial charge in [0.05, 0.1) is 0 Å². The third kappa shape index (κ3) is 3.09. The second-order valence-corrected chi connectivity index (χ2v) is 3.53. The predicted molar refractivity (Wildman–Crippen MR) is 51.7 cm³/mol. The van der Waals surface area contributed by atoms with Crippen LogP contribution in [0.5, 0.6) is 0 Å². The van der Waals surface area contributed by atoms with Gasteiger partial charge in [0.1, 0.15) is 0 Å². The van der Waals surface area contributed by atoms with E-state index in [4.69, 9.17) is 5.84 Å². The Morgan fingerprint density at radius 2 is 2.33 bits per heavy atom. The molecule has 0 aromatic heterocycles. The molecule has 0 bridgehead atoms. The number of hydrazine groups is 1. The van der Waals surface area contributed by atoms with E-state index in [9.17, 15) is 0 Å². The molecule has 1 aliphatic heterocycles. The van der Waals surface area contributed by atoms with Crippen molar-refractivity contribution < 1.29 is 0 Å². The monoisotopic (exact) mass is 171 g/mol. The molecule has 12 heavy (non-hydrogen) atoms. The maximum atomic E-state index is 5.87. The quantitative estimate of drug-likeness (QED) is 0.483. The van der Waals surface area contributed by atoms with Gasteiger partial charge in [0, 0.05) is 12.6 Å². The van der Waals surface area contributed by atoms with Crippen molar-refractivity contribution in [3.63, 3.8) is 0 Å². The highest BCUT2D eigenvalue weighted by Gasteiger charge is 2.18. The molecular weight excluding hydrogens is 150 g/mol. The van der Waals surface area contributed by atoms with Gasteiger partial charge in [-0.25, -0.2) is 5.01 Å². The van der Waals surface area contributed by atoms with Crippen LogP contribution in [0.1, 0.15) is 32.6 Å². The second kappa shape index (κ2) is 5.51. The third-order valence-corrected chi connectivity index (χ3v) is 2.58. The number of nitrogens with two attached hydrogens (primary N) is 1. The van der Waals surface area contributed by atoms with Crippen LogP contribution in [0.2, 0.25) is 0 Å². The van der Waals surface area contributed by atoms with Gasteiger partial charge in [-0.15, -0.1) is 0 Å². The number of hydrogen-bond acceptors (Lipinski definition) is 3. The van der Waals surface area contributed by atoms with Gasteiger partial charge in [-0.2, -0.15) is 0 Å². The molecule has 0 aliphatic carbocycles. The van der Waals surface area contributed by atoms with Crippen LogP contribution in [-0.4, -0.2) is 30.7 Å². The molecule has 0 spiro atoms. The summed E-state index contributed by atoms with van der Waals surface area (Å²) in [5, 5.41) is 5.35. The Morgan fingerprint density at radius 3 is 3.00 bits per heavy atom. The molecule has 0 aromatic rings. The number of nitrogens with zero attached hydrogens (tertiary/aromatic N) is 1. The minimum atomic E-state index is 0.623. The zero-order valence-corrected chi connectivity index (χ0v) is 8.05. The Balaban J connectivity index is 2.11. The summed E-state index contributed by atoms with van der Waals surface area (Å²) in [5.41, 5.74) is 0. The van der Waals surface area contributed by atoms with Crippen molar-refractivity contribution in [3.8, 4) is 0 Å². The molecule has 0 aromatic carbocycles. The van der Waals surface area contributed by atoms with Crippen molar-refractivity contribution >= 4 is 0 Å². The molecule has 3 nitrogen and oxygen atoms in total. The fraction of sp³-hybridized carbons (Fsp3) is 1.00. The highest BCUT2D eigenvalue weighted by atomic mass is 15.4. The van der Waals surface area contributed by atoms with Gasteiger partial charge < -0.3 is 5.32 Å². The van der Waals surface area contributed by atoms with Gasteiger partial charge in [-0.05, 0) is 32.4 Å². The Labute approximate surface area is 75.3 Å². The Bertz CT molecular complexity index is 116. The fourth-order valence-corrected chi connectivity index (χ4v) is 1.78. The number of hydrogen-bond donors (Lipinski definition) is 2. The molecule has 1 atom stereocenters. The SMILES string of the molecule is CCNCCC1CCCCN1N. The molecule has 1 saturated heterocycles. The van der Waals surface area contributed by atoms with E-state index in [2.05, 4.69) is 12.2 Å². The zero-order valence-electron chi connectivity index (χ0n) is 8.05. The average Bonchev–Trinajstić information content (AvgIpc) is 2.09. The molecule has 1 heterocycles. The Morgan fingerprint density at radius 1 is 1.50 bits per heavy atom. The van der Waals surface area contributed by atoms with Crippen molar-refractivity contribution in [2.45, 2.75) is 38.6 Å². The average molecular weight is 171 g/mol. The van der Waals surface area contributed by atoms with Gasteiger partial charge in [0.2, 0.25) is 0 Å². The summed E-state index contributed by atoms with van der Waals surface area (Å²) >= 11 is 0. The summed E-state index contributed by atoms with van der Waals surface area (Å²) in [6.45, 7) is 5.39. The first-order valence-corrected chi connectivity index (χ1v) is 5.06. The van der Waals surface area contributed by atoms with Crippen LogP contribution in [0.3, 0.4) is 0 Å². The van der Waals surface area contributed by atoms with Gasteiger partial charge >= 0.3 is 0 Å². The van der Waals surface area contributed by atoms with Crippen molar-refractivity contribution in [3.05, 3.63) is 0 Å². The maximum absolute atomic E-state index is 5.87. The van der Waals surface area contributed by atoms with E-state index in [0.29, 0.717) is 6.04 Å². The molecule has 72 valence electrons. The summed E-state index contributed by atoms with van der Waals surface area (Å²) in [4.78, 5) is 0. The maximum Gasteiger partial charge on any atom is 0.0253 e. The lowest BCUT2D eigenvalue weighted by Gasteiger charge is -2.31. The first-order chi connectivity index (χ1) is 5.84. The lowest BCUT2D eigenvalue weighted by atomic mass is 10.0. The van der Waals surface area contributed by atoms with E-state index in [0.717, 1.165) is 19.6 Å². The summed E-state index contributed by atoms with van der Waals surface area (Å²) in [6, 6.07) is 0.623.